The molecular weight excluding hydrogens is 585 g/mol. The molecule has 1 saturated heterocycles. The highest BCUT2D eigenvalue weighted by Crippen LogP contribution is 2.32. The van der Waals surface area contributed by atoms with E-state index in [4.69, 9.17) is 4.55 Å². The summed E-state index contributed by atoms with van der Waals surface area (Å²) in [7, 11) is -4.09. The van der Waals surface area contributed by atoms with E-state index in [2.05, 4.69) is 41.8 Å². The normalized spacial score (nSPS) is 14.4. The zero-order valence-electron chi connectivity index (χ0n) is 25.4. The Morgan fingerprint density at radius 3 is 2.20 bits per heavy atom. The Bertz CT molecular complexity index is 1630. The molecule has 1 aliphatic rings. The molecule has 0 atom stereocenters. The minimum absolute atomic E-state index is 0.0730. The summed E-state index contributed by atoms with van der Waals surface area (Å²) in [6, 6.07) is 24.4. The van der Waals surface area contributed by atoms with Crippen LogP contribution in [0.3, 0.4) is 0 Å². The Hall–Kier alpha value is -3.40. The number of hydrogen-bond donors (Lipinski definition) is 1. The monoisotopic (exact) mass is 626 g/mol. The van der Waals surface area contributed by atoms with Crippen molar-refractivity contribution in [2.75, 3.05) is 37.6 Å². The van der Waals surface area contributed by atoms with E-state index in [1.807, 2.05) is 18.2 Å². The number of rotatable bonds is 9. The van der Waals surface area contributed by atoms with Crippen molar-refractivity contribution in [3.8, 4) is 0 Å². The van der Waals surface area contributed by atoms with Crippen LogP contribution in [0.4, 0.5) is 18.9 Å². The van der Waals surface area contributed by atoms with Crippen molar-refractivity contribution in [1.82, 2.24) is 4.90 Å². The molecule has 4 aromatic rings. The fourth-order valence-corrected chi connectivity index (χ4v) is 5.95. The van der Waals surface area contributed by atoms with E-state index in [1.165, 1.54) is 60.2 Å². The van der Waals surface area contributed by atoms with Crippen molar-refractivity contribution < 1.29 is 26.1 Å². The lowest BCUT2D eigenvalue weighted by atomic mass is 9.98. The fourth-order valence-electron chi connectivity index (χ4n) is 5.44. The van der Waals surface area contributed by atoms with Gasteiger partial charge in [-0.25, -0.2) is 0 Å². The summed E-state index contributed by atoms with van der Waals surface area (Å²) >= 11 is 0. The highest BCUT2D eigenvalue weighted by molar-refractivity contribution is 7.85. The van der Waals surface area contributed by atoms with Crippen LogP contribution in [0, 0.1) is 6.92 Å². The van der Waals surface area contributed by atoms with E-state index in [0.29, 0.717) is 5.69 Å². The first-order valence-corrected chi connectivity index (χ1v) is 16.6. The Balaban J connectivity index is 0.000000262. The predicted octanol–water partition coefficient (Wildman–Crippen LogP) is 8.20. The van der Waals surface area contributed by atoms with Crippen molar-refractivity contribution in [2.24, 2.45) is 0 Å². The third-order valence-corrected chi connectivity index (χ3v) is 8.96. The van der Waals surface area contributed by atoms with Crippen LogP contribution in [0.25, 0.3) is 10.8 Å². The molecule has 0 amide bonds. The van der Waals surface area contributed by atoms with Gasteiger partial charge >= 0.3 is 6.18 Å². The highest BCUT2D eigenvalue weighted by atomic mass is 32.2. The maximum Gasteiger partial charge on any atom is 0.416 e. The van der Waals surface area contributed by atoms with Gasteiger partial charge in [0.15, 0.2) is 0 Å². The van der Waals surface area contributed by atoms with Crippen molar-refractivity contribution in [1.29, 1.82) is 0 Å². The Morgan fingerprint density at radius 2 is 1.52 bits per heavy atom. The van der Waals surface area contributed by atoms with Gasteiger partial charge in [-0.05, 0) is 84.0 Å². The van der Waals surface area contributed by atoms with Gasteiger partial charge in [-0.2, -0.15) is 21.6 Å². The second-order valence-corrected chi connectivity index (χ2v) is 12.8. The number of fused-ring (bicyclic) bond motifs is 1. The van der Waals surface area contributed by atoms with E-state index in [9.17, 15) is 21.6 Å². The molecule has 4 aromatic carbocycles. The van der Waals surface area contributed by atoms with Crippen LogP contribution in [-0.4, -0.2) is 50.6 Å². The molecule has 44 heavy (non-hydrogen) atoms. The zero-order valence-corrected chi connectivity index (χ0v) is 26.2. The number of aryl methyl sites for hydroxylation is 2. The standard InChI is InChI=1S/C25H33F3N2.C10H8O3S/c1-3-4-5-7-22-18-21(11-10-20(22)2)12-13-29-14-16-30(17-15-29)24-9-6-8-23(19-24)25(26,27)28;11-14(12,13)10-6-5-8-3-1-2-4-9(8)7-10/h6,8-11,18-19H,3-5,7,12-17H2,1-2H3;1-7H,(H,11,12,13). The van der Waals surface area contributed by atoms with Crippen LogP contribution in [0.1, 0.15) is 48.4 Å². The molecule has 236 valence electrons. The topological polar surface area (TPSA) is 60.9 Å². The summed E-state index contributed by atoms with van der Waals surface area (Å²) in [5.41, 5.74) is 4.32. The van der Waals surface area contributed by atoms with E-state index in [0.717, 1.165) is 62.4 Å². The van der Waals surface area contributed by atoms with Gasteiger partial charge in [0, 0.05) is 38.4 Å². The Kier molecular flexibility index (Phi) is 11.5. The lowest BCUT2D eigenvalue weighted by molar-refractivity contribution is -0.137. The summed E-state index contributed by atoms with van der Waals surface area (Å²) in [6.45, 7) is 8.70. The first kappa shape index (κ1) is 33.5. The number of benzene rings is 4. The lowest BCUT2D eigenvalue weighted by Gasteiger charge is -2.36. The molecule has 1 aliphatic heterocycles. The first-order chi connectivity index (χ1) is 20.9. The average molecular weight is 627 g/mol. The summed E-state index contributed by atoms with van der Waals surface area (Å²) in [6.07, 6.45) is 1.65. The summed E-state index contributed by atoms with van der Waals surface area (Å²) < 4.78 is 69.4. The van der Waals surface area contributed by atoms with Gasteiger partial charge in [-0.1, -0.05) is 74.4 Å². The maximum atomic E-state index is 13.0. The van der Waals surface area contributed by atoms with E-state index >= 15 is 0 Å². The molecule has 1 N–H and O–H groups in total. The summed E-state index contributed by atoms with van der Waals surface area (Å²) in [4.78, 5) is 4.40. The van der Waals surface area contributed by atoms with Crippen LogP contribution in [-0.2, 0) is 29.1 Å². The SMILES string of the molecule is CCCCCc1cc(CCN2CCN(c3cccc(C(F)(F)F)c3)CC2)ccc1C.O=S(=O)(O)c1ccc2ccccc2c1. The van der Waals surface area contributed by atoms with E-state index in [-0.39, 0.29) is 4.90 Å². The predicted molar refractivity (Wildman–Crippen MR) is 172 cm³/mol. The third-order valence-electron chi connectivity index (χ3n) is 8.11. The minimum atomic E-state index is -4.29. The van der Waals surface area contributed by atoms with Crippen LogP contribution >= 0.6 is 0 Å². The largest absolute Gasteiger partial charge is 0.416 e. The average Bonchev–Trinajstić information content (AvgIpc) is 3.01. The second-order valence-electron chi connectivity index (χ2n) is 11.3. The number of halogens is 3. The van der Waals surface area contributed by atoms with Gasteiger partial charge < -0.3 is 4.90 Å². The molecule has 0 spiro atoms. The Morgan fingerprint density at radius 1 is 0.795 bits per heavy atom. The van der Waals surface area contributed by atoms with Crippen molar-refractivity contribution in [3.05, 3.63) is 107 Å². The molecule has 0 aromatic heterocycles. The molecule has 1 heterocycles. The molecule has 0 unspecified atom stereocenters. The van der Waals surface area contributed by atoms with Gasteiger partial charge in [0.05, 0.1) is 10.5 Å². The minimum Gasteiger partial charge on any atom is -0.369 e. The number of alkyl halides is 3. The molecule has 1 fully saturated rings. The molecule has 9 heteroatoms. The molecule has 0 saturated carbocycles. The molecular formula is C35H41F3N2O3S. The number of anilines is 1. The lowest BCUT2D eigenvalue weighted by Crippen LogP contribution is -2.47. The summed E-state index contributed by atoms with van der Waals surface area (Å²) in [5.74, 6) is 0. The molecule has 0 radical (unpaired) electrons. The first-order valence-electron chi connectivity index (χ1n) is 15.1. The van der Waals surface area contributed by atoms with Gasteiger partial charge in [0.1, 0.15) is 0 Å². The number of nitrogens with zero attached hydrogens (tertiary/aromatic N) is 2. The quantitative estimate of drug-likeness (QED) is 0.150. The number of piperazine rings is 1. The Labute approximate surface area is 259 Å². The van der Waals surface area contributed by atoms with Gasteiger partial charge in [0.2, 0.25) is 0 Å². The molecule has 0 bridgehead atoms. The smallest absolute Gasteiger partial charge is 0.369 e. The third kappa shape index (κ3) is 9.55. The maximum absolute atomic E-state index is 13.0. The van der Waals surface area contributed by atoms with Crippen LogP contribution in [0.15, 0.2) is 89.8 Å². The summed E-state index contributed by atoms with van der Waals surface area (Å²) in [5, 5.41) is 1.74. The van der Waals surface area contributed by atoms with Crippen LogP contribution in [0.2, 0.25) is 0 Å². The van der Waals surface area contributed by atoms with Crippen molar-refractivity contribution >= 4 is 26.6 Å². The second kappa shape index (κ2) is 15.1. The number of unbranched alkanes of at least 4 members (excludes halogenated alkanes) is 2. The van der Waals surface area contributed by atoms with E-state index < -0.39 is 21.9 Å². The van der Waals surface area contributed by atoms with E-state index in [1.54, 1.807) is 18.2 Å². The van der Waals surface area contributed by atoms with Crippen LogP contribution in [0.5, 0.6) is 0 Å². The number of hydrogen-bond acceptors (Lipinski definition) is 4. The van der Waals surface area contributed by atoms with Crippen LogP contribution < -0.4 is 4.90 Å². The van der Waals surface area contributed by atoms with Crippen molar-refractivity contribution in [2.45, 2.75) is 57.0 Å². The van der Waals surface area contributed by atoms with Gasteiger partial charge in [-0.3, -0.25) is 9.45 Å². The van der Waals surface area contributed by atoms with Crippen molar-refractivity contribution in [3.63, 3.8) is 0 Å². The molecule has 5 nitrogen and oxygen atoms in total. The molecule has 5 rings (SSSR count). The molecule has 0 aliphatic carbocycles. The van der Waals surface area contributed by atoms with Gasteiger partial charge in [0.25, 0.3) is 10.1 Å². The van der Waals surface area contributed by atoms with Gasteiger partial charge in [-0.15, -0.1) is 0 Å². The fraction of sp³-hybridized carbons (Fsp3) is 0.371. The zero-order chi connectivity index (χ0) is 31.7. The highest BCUT2D eigenvalue weighted by Gasteiger charge is 2.31.